The maximum Gasteiger partial charge on any atom is 0.167 e. The summed E-state index contributed by atoms with van der Waals surface area (Å²) in [7, 11) is 1.53. The van der Waals surface area contributed by atoms with Gasteiger partial charge in [0.15, 0.2) is 11.7 Å². The van der Waals surface area contributed by atoms with Crippen LogP contribution in [0, 0.1) is 25.7 Å². The third-order valence-corrected chi connectivity index (χ3v) is 5.41. The van der Waals surface area contributed by atoms with E-state index < -0.39 is 11.7 Å². The van der Waals surface area contributed by atoms with Crippen LogP contribution >= 0.6 is 0 Å². The molecule has 0 spiro atoms. The number of halogens is 2. The van der Waals surface area contributed by atoms with E-state index in [1.165, 1.54) is 24.8 Å². The number of hydrogen-bond donors (Lipinski definition) is 0. The van der Waals surface area contributed by atoms with Crippen LogP contribution in [0.3, 0.4) is 0 Å². The minimum absolute atomic E-state index is 0.158. The van der Waals surface area contributed by atoms with Gasteiger partial charge in [-0.1, -0.05) is 59.9 Å². The van der Waals surface area contributed by atoms with E-state index in [0.717, 1.165) is 22.1 Å². The van der Waals surface area contributed by atoms with Crippen LogP contribution in [0.2, 0.25) is 0 Å². The highest BCUT2D eigenvalue weighted by atomic mass is 19.2. The third kappa shape index (κ3) is 4.26. The van der Waals surface area contributed by atoms with E-state index in [4.69, 9.17) is 4.74 Å². The van der Waals surface area contributed by atoms with Crippen molar-refractivity contribution < 1.29 is 13.5 Å². The molecule has 0 saturated heterocycles. The Kier molecular flexibility index (Phi) is 6.05. The minimum Gasteiger partial charge on any atom is -0.497 e. The molecule has 0 bridgehead atoms. The summed E-state index contributed by atoms with van der Waals surface area (Å²) in [6, 6.07) is 23.0. The Labute approximate surface area is 187 Å². The van der Waals surface area contributed by atoms with E-state index >= 15 is 4.39 Å². The number of hydrogen-bond acceptors (Lipinski definition) is 1. The van der Waals surface area contributed by atoms with Crippen molar-refractivity contribution >= 4 is 22.4 Å². The predicted molar refractivity (Wildman–Crippen MR) is 128 cm³/mol. The van der Waals surface area contributed by atoms with Gasteiger partial charge in [0.2, 0.25) is 0 Å². The molecule has 4 aromatic carbocycles. The second kappa shape index (κ2) is 9.08. The molecule has 0 unspecified atom stereocenters. The Morgan fingerprint density at radius 1 is 0.719 bits per heavy atom. The summed E-state index contributed by atoms with van der Waals surface area (Å²) in [6.45, 7) is 4.07. The van der Waals surface area contributed by atoms with E-state index in [1.807, 2.05) is 44.2 Å². The second-order valence-corrected chi connectivity index (χ2v) is 7.63. The molecule has 0 aliphatic rings. The van der Waals surface area contributed by atoms with Gasteiger partial charge in [0.1, 0.15) is 5.75 Å². The summed E-state index contributed by atoms with van der Waals surface area (Å²) in [6.07, 6.45) is 0. The first kappa shape index (κ1) is 21.3. The van der Waals surface area contributed by atoms with Gasteiger partial charge in [-0.05, 0) is 66.6 Å². The molecule has 0 radical (unpaired) electrons. The monoisotopic (exact) mass is 424 g/mol. The molecule has 0 fully saturated rings. The molecule has 158 valence electrons. The number of benzene rings is 4. The fourth-order valence-electron chi connectivity index (χ4n) is 3.67. The maximum absolute atomic E-state index is 15.2. The number of ether oxygens (including phenoxy) is 1. The standard InChI is InChI=1S/C29H22F2O/c1-19-8-9-21(20(2)18-19)10-11-22-14-17-27(26-7-5-4-6-25(22)26)29(31)28(30)23-12-15-24(32-3)16-13-23/h4-9,12-18H,1-3H3. The zero-order valence-electron chi connectivity index (χ0n) is 18.2. The van der Waals surface area contributed by atoms with Gasteiger partial charge in [-0.3, -0.25) is 0 Å². The Hall–Kier alpha value is -3.90. The van der Waals surface area contributed by atoms with Crippen LogP contribution in [0.1, 0.15) is 33.4 Å². The van der Waals surface area contributed by atoms with Crippen LogP contribution in [0.15, 0.2) is 78.9 Å². The molecule has 4 aromatic rings. The molecule has 1 nitrogen and oxygen atoms in total. The van der Waals surface area contributed by atoms with Crippen molar-refractivity contribution in [3.63, 3.8) is 0 Å². The predicted octanol–water partition coefficient (Wildman–Crippen LogP) is 7.63. The van der Waals surface area contributed by atoms with Crippen LogP contribution in [0.5, 0.6) is 5.75 Å². The van der Waals surface area contributed by atoms with Crippen molar-refractivity contribution in [2.24, 2.45) is 0 Å². The lowest BCUT2D eigenvalue weighted by molar-refractivity contribution is 0.414. The van der Waals surface area contributed by atoms with Crippen molar-refractivity contribution in [1.29, 1.82) is 0 Å². The first-order valence-electron chi connectivity index (χ1n) is 10.3. The molecule has 0 atom stereocenters. The molecule has 0 amide bonds. The van der Waals surface area contributed by atoms with Crippen molar-refractivity contribution in [2.45, 2.75) is 13.8 Å². The van der Waals surface area contributed by atoms with Gasteiger partial charge in [-0.25, -0.2) is 8.78 Å². The van der Waals surface area contributed by atoms with Gasteiger partial charge in [0, 0.05) is 22.3 Å². The summed E-state index contributed by atoms with van der Waals surface area (Å²) >= 11 is 0. The fourth-order valence-corrected chi connectivity index (χ4v) is 3.67. The summed E-state index contributed by atoms with van der Waals surface area (Å²) in [5.41, 5.74) is 4.36. The average Bonchev–Trinajstić information content (AvgIpc) is 2.82. The number of fused-ring (bicyclic) bond motifs is 1. The molecule has 0 aromatic heterocycles. The van der Waals surface area contributed by atoms with Gasteiger partial charge in [-0.2, -0.15) is 0 Å². The first-order chi connectivity index (χ1) is 15.5. The highest BCUT2D eigenvalue weighted by Gasteiger charge is 2.15. The highest BCUT2D eigenvalue weighted by Crippen LogP contribution is 2.34. The van der Waals surface area contributed by atoms with Gasteiger partial charge in [-0.15, -0.1) is 0 Å². The van der Waals surface area contributed by atoms with Crippen molar-refractivity contribution in [1.82, 2.24) is 0 Å². The summed E-state index contributed by atoms with van der Waals surface area (Å²) < 4.78 is 35.3. The van der Waals surface area contributed by atoms with E-state index in [2.05, 4.69) is 17.9 Å². The quantitative estimate of drug-likeness (QED) is 0.243. The molecule has 4 rings (SSSR count). The SMILES string of the molecule is COc1ccc(C(F)=C(F)c2ccc(C#Cc3ccc(C)cc3C)c3ccccc23)cc1. The fraction of sp³-hybridized carbons (Fsp3) is 0.103. The minimum atomic E-state index is -0.910. The normalized spacial score (nSPS) is 11.5. The molecular formula is C29H22F2O. The summed E-state index contributed by atoms with van der Waals surface area (Å²) in [5, 5.41) is 1.39. The number of aryl methyl sites for hydroxylation is 2. The highest BCUT2D eigenvalue weighted by molar-refractivity contribution is 6.00. The number of methoxy groups -OCH3 is 1. The van der Waals surface area contributed by atoms with E-state index in [-0.39, 0.29) is 11.1 Å². The first-order valence-corrected chi connectivity index (χ1v) is 10.3. The van der Waals surface area contributed by atoms with Crippen LogP contribution in [0.4, 0.5) is 8.78 Å². The molecule has 0 heterocycles. The maximum atomic E-state index is 15.2. The van der Waals surface area contributed by atoms with Gasteiger partial charge in [0.25, 0.3) is 0 Å². The average molecular weight is 424 g/mol. The Balaban J connectivity index is 1.79. The molecule has 0 aliphatic carbocycles. The summed E-state index contributed by atoms with van der Waals surface area (Å²) in [4.78, 5) is 0. The van der Waals surface area contributed by atoms with Crippen molar-refractivity contribution in [2.75, 3.05) is 7.11 Å². The van der Waals surface area contributed by atoms with Crippen LogP contribution < -0.4 is 4.74 Å². The molecular weight excluding hydrogens is 402 g/mol. The van der Waals surface area contributed by atoms with E-state index in [0.29, 0.717) is 11.1 Å². The van der Waals surface area contributed by atoms with E-state index in [9.17, 15) is 4.39 Å². The third-order valence-electron chi connectivity index (χ3n) is 5.41. The molecule has 0 saturated carbocycles. The van der Waals surface area contributed by atoms with Gasteiger partial charge in [0.05, 0.1) is 7.11 Å². The van der Waals surface area contributed by atoms with Crippen LogP contribution in [0.25, 0.3) is 22.4 Å². The van der Waals surface area contributed by atoms with Crippen LogP contribution in [-0.2, 0) is 0 Å². The second-order valence-electron chi connectivity index (χ2n) is 7.63. The molecule has 3 heteroatoms. The number of rotatable bonds is 3. The zero-order valence-corrected chi connectivity index (χ0v) is 18.2. The summed E-state index contributed by atoms with van der Waals surface area (Å²) in [5.74, 6) is 5.19. The molecule has 0 N–H and O–H groups in total. The lowest BCUT2D eigenvalue weighted by atomic mass is 9.97. The van der Waals surface area contributed by atoms with Gasteiger partial charge < -0.3 is 4.74 Å². The van der Waals surface area contributed by atoms with Gasteiger partial charge >= 0.3 is 0 Å². The zero-order chi connectivity index (χ0) is 22.7. The molecule has 0 aliphatic heterocycles. The van der Waals surface area contributed by atoms with E-state index in [1.54, 1.807) is 30.3 Å². The smallest absolute Gasteiger partial charge is 0.167 e. The Bertz CT molecular complexity index is 1390. The van der Waals surface area contributed by atoms with Crippen molar-refractivity contribution in [3.05, 3.63) is 112 Å². The van der Waals surface area contributed by atoms with Crippen molar-refractivity contribution in [3.8, 4) is 17.6 Å². The molecule has 32 heavy (non-hydrogen) atoms. The van der Waals surface area contributed by atoms with Crippen LogP contribution in [-0.4, -0.2) is 7.11 Å². The topological polar surface area (TPSA) is 9.23 Å². The Morgan fingerprint density at radius 3 is 2.06 bits per heavy atom. The lowest BCUT2D eigenvalue weighted by Crippen LogP contribution is -1.90. The largest absolute Gasteiger partial charge is 0.497 e. The Morgan fingerprint density at radius 2 is 1.38 bits per heavy atom. The lowest BCUT2D eigenvalue weighted by Gasteiger charge is -2.09.